The number of halogens is 1. The molecule has 0 aliphatic carbocycles. The molecule has 1 aromatic heterocycles. The lowest BCUT2D eigenvalue weighted by molar-refractivity contribution is 0.798. The van der Waals surface area contributed by atoms with Crippen LogP contribution >= 0.6 is 23.7 Å². The Labute approximate surface area is 78.0 Å². The lowest BCUT2D eigenvalue weighted by Gasteiger charge is -1.95. The highest BCUT2D eigenvalue weighted by Crippen LogP contribution is 2.20. The molecule has 1 aromatic rings. The lowest BCUT2D eigenvalue weighted by Crippen LogP contribution is -1.87. The van der Waals surface area contributed by atoms with Gasteiger partial charge in [0.2, 0.25) is 0 Å². The van der Waals surface area contributed by atoms with E-state index in [1.54, 1.807) is 11.3 Å². The van der Waals surface area contributed by atoms with Crippen molar-refractivity contribution in [1.29, 1.82) is 0 Å². The molecule has 1 nitrogen and oxygen atoms in total. The maximum atomic E-state index is 5.70. The third kappa shape index (κ3) is 3.12. The van der Waals surface area contributed by atoms with E-state index in [1.165, 1.54) is 18.4 Å². The van der Waals surface area contributed by atoms with Gasteiger partial charge in [-0.05, 0) is 29.9 Å². The first-order valence-corrected chi connectivity index (χ1v) is 4.54. The van der Waals surface area contributed by atoms with E-state index in [1.807, 2.05) is 0 Å². The van der Waals surface area contributed by atoms with Crippen LogP contribution in [-0.4, -0.2) is 0 Å². The molecule has 0 spiro atoms. The van der Waals surface area contributed by atoms with Gasteiger partial charge in [-0.1, -0.05) is 13.3 Å². The maximum Gasteiger partial charge on any atom is 0.0888 e. The number of thiophene rings is 1. The van der Waals surface area contributed by atoms with E-state index < -0.39 is 0 Å². The summed E-state index contributed by atoms with van der Waals surface area (Å²) in [7, 11) is 0. The quantitative estimate of drug-likeness (QED) is 0.781. The molecular formula is C8H14ClNS. The average molecular weight is 192 g/mol. The van der Waals surface area contributed by atoms with Crippen LogP contribution in [-0.2, 0) is 6.42 Å². The van der Waals surface area contributed by atoms with E-state index in [-0.39, 0.29) is 12.4 Å². The van der Waals surface area contributed by atoms with Gasteiger partial charge in [0, 0.05) is 0 Å². The number of unbranched alkanes of at least 4 members (excludes halogenated alkanes) is 1. The molecular weight excluding hydrogens is 178 g/mol. The van der Waals surface area contributed by atoms with Gasteiger partial charge in [-0.15, -0.1) is 23.7 Å². The maximum absolute atomic E-state index is 5.70. The van der Waals surface area contributed by atoms with E-state index in [2.05, 4.69) is 18.4 Å². The molecule has 0 radical (unpaired) electrons. The number of hydrogen-bond donors (Lipinski definition) is 1. The molecule has 0 saturated carbocycles. The topological polar surface area (TPSA) is 26.0 Å². The van der Waals surface area contributed by atoms with Gasteiger partial charge in [0.1, 0.15) is 0 Å². The van der Waals surface area contributed by atoms with E-state index in [9.17, 15) is 0 Å². The predicted octanol–water partition coefficient (Wildman–Crippen LogP) is 3.09. The van der Waals surface area contributed by atoms with Crippen molar-refractivity contribution < 1.29 is 0 Å². The number of rotatable bonds is 3. The summed E-state index contributed by atoms with van der Waals surface area (Å²) in [5, 5.41) is 3.05. The highest BCUT2D eigenvalue weighted by molar-refractivity contribution is 7.14. The molecule has 3 heteroatoms. The summed E-state index contributed by atoms with van der Waals surface area (Å²) in [6.45, 7) is 2.20. The predicted molar refractivity (Wildman–Crippen MR) is 54.6 cm³/mol. The Morgan fingerprint density at radius 1 is 1.55 bits per heavy atom. The summed E-state index contributed by atoms with van der Waals surface area (Å²) < 4.78 is 0. The second-order valence-electron chi connectivity index (χ2n) is 2.41. The number of anilines is 1. The van der Waals surface area contributed by atoms with E-state index >= 15 is 0 Å². The summed E-state index contributed by atoms with van der Waals surface area (Å²) in [5.41, 5.74) is 7.03. The molecule has 1 heterocycles. The molecule has 0 fully saturated rings. The van der Waals surface area contributed by atoms with Crippen molar-refractivity contribution >= 4 is 28.7 Å². The van der Waals surface area contributed by atoms with E-state index in [4.69, 9.17) is 5.73 Å². The van der Waals surface area contributed by atoms with Gasteiger partial charge >= 0.3 is 0 Å². The molecule has 0 saturated heterocycles. The van der Waals surface area contributed by atoms with Crippen molar-refractivity contribution in [2.24, 2.45) is 0 Å². The van der Waals surface area contributed by atoms with Gasteiger partial charge in [-0.25, -0.2) is 0 Å². The Balaban J connectivity index is 0.000001000. The third-order valence-corrected chi connectivity index (χ3v) is 2.37. The summed E-state index contributed by atoms with van der Waals surface area (Å²) in [6, 6.07) is 2.12. The third-order valence-electron chi connectivity index (χ3n) is 1.58. The van der Waals surface area contributed by atoms with Crippen LogP contribution in [0.3, 0.4) is 0 Å². The minimum Gasteiger partial charge on any atom is -0.390 e. The Hall–Kier alpha value is -0.210. The smallest absolute Gasteiger partial charge is 0.0888 e. The van der Waals surface area contributed by atoms with Crippen molar-refractivity contribution in [1.82, 2.24) is 0 Å². The van der Waals surface area contributed by atoms with Crippen LogP contribution in [0.25, 0.3) is 0 Å². The summed E-state index contributed by atoms with van der Waals surface area (Å²) in [6.07, 6.45) is 3.64. The molecule has 0 unspecified atom stereocenters. The second-order valence-corrected chi connectivity index (χ2v) is 3.36. The average Bonchev–Trinajstić information content (AvgIpc) is 2.31. The van der Waals surface area contributed by atoms with Crippen molar-refractivity contribution in [3.63, 3.8) is 0 Å². The van der Waals surface area contributed by atoms with Gasteiger partial charge in [0.15, 0.2) is 0 Å². The van der Waals surface area contributed by atoms with Crippen LogP contribution < -0.4 is 5.73 Å². The molecule has 11 heavy (non-hydrogen) atoms. The highest BCUT2D eigenvalue weighted by Gasteiger charge is 1.97. The van der Waals surface area contributed by atoms with Crippen molar-refractivity contribution in [2.45, 2.75) is 26.2 Å². The zero-order valence-corrected chi connectivity index (χ0v) is 8.30. The first-order chi connectivity index (χ1) is 4.84. The Morgan fingerprint density at radius 3 is 2.73 bits per heavy atom. The normalized spacial score (nSPS) is 9.18. The van der Waals surface area contributed by atoms with Crippen LogP contribution in [0.5, 0.6) is 0 Å². The fraction of sp³-hybridized carbons (Fsp3) is 0.500. The summed E-state index contributed by atoms with van der Waals surface area (Å²) in [4.78, 5) is 0. The first kappa shape index (κ1) is 10.8. The monoisotopic (exact) mass is 191 g/mol. The van der Waals surface area contributed by atoms with Crippen molar-refractivity contribution in [2.75, 3.05) is 5.73 Å². The molecule has 0 amide bonds. The molecule has 0 bridgehead atoms. The molecule has 0 aliphatic heterocycles. The van der Waals surface area contributed by atoms with Crippen molar-refractivity contribution in [3.8, 4) is 0 Å². The van der Waals surface area contributed by atoms with Gasteiger partial charge in [0.25, 0.3) is 0 Å². The second kappa shape index (κ2) is 5.44. The first-order valence-electron chi connectivity index (χ1n) is 3.66. The molecule has 2 N–H and O–H groups in total. The highest BCUT2D eigenvalue weighted by atomic mass is 35.5. The zero-order chi connectivity index (χ0) is 7.40. The van der Waals surface area contributed by atoms with Gasteiger partial charge < -0.3 is 5.73 Å². The molecule has 0 aliphatic rings. The van der Waals surface area contributed by atoms with Gasteiger partial charge in [-0.2, -0.15) is 0 Å². The zero-order valence-electron chi connectivity index (χ0n) is 6.67. The minimum atomic E-state index is 0. The minimum absolute atomic E-state index is 0. The number of hydrogen-bond acceptors (Lipinski definition) is 2. The van der Waals surface area contributed by atoms with Crippen molar-refractivity contribution in [3.05, 3.63) is 17.0 Å². The Bertz CT molecular complexity index is 198. The van der Waals surface area contributed by atoms with Crippen LogP contribution in [0.4, 0.5) is 5.00 Å². The lowest BCUT2D eigenvalue weighted by atomic mass is 10.1. The van der Waals surface area contributed by atoms with Crippen LogP contribution in [0.2, 0.25) is 0 Å². The van der Waals surface area contributed by atoms with Crippen LogP contribution in [0, 0.1) is 0 Å². The fourth-order valence-electron chi connectivity index (χ4n) is 0.921. The van der Waals surface area contributed by atoms with Crippen LogP contribution in [0.15, 0.2) is 11.4 Å². The van der Waals surface area contributed by atoms with Gasteiger partial charge in [-0.3, -0.25) is 0 Å². The Kier molecular flexibility index (Phi) is 5.34. The SMILES string of the molecule is CCCCc1ccsc1N.Cl. The number of aryl methyl sites for hydroxylation is 1. The van der Waals surface area contributed by atoms with Gasteiger partial charge in [0.05, 0.1) is 5.00 Å². The molecule has 64 valence electrons. The molecule has 0 aromatic carbocycles. The van der Waals surface area contributed by atoms with Crippen LogP contribution in [0.1, 0.15) is 25.3 Å². The summed E-state index contributed by atoms with van der Waals surface area (Å²) in [5.74, 6) is 0. The van der Waals surface area contributed by atoms with E-state index in [0.717, 1.165) is 11.4 Å². The number of nitrogen functional groups attached to an aromatic ring is 1. The van der Waals surface area contributed by atoms with E-state index in [0.29, 0.717) is 0 Å². The fourth-order valence-corrected chi connectivity index (χ4v) is 1.62. The largest absolute Gasteiger partial charge is 0.390 e. The molecule has 1 rings (SSSR count). The standard InChI is InChI=1S/C8H13NS.ClH/c1-2-3-4-7-5-6-10-8(7)9;/h5-6H,2-4,9H2,1H3;1H. The summed E-state index contributed by atoms with van der Waals surface area (Å²) >= 11 is 1.63. The molecule has 0 atom stereocenters. The number of nitrogens with two attached hydrogens (primary N) is 1. The Morgan fingerprint density at radius 2 is 2.27 bits per heavy atom.